The lowest BCUT2D eigenvalue weighted by Gasteiger charge is -2.24. The number of hydrogen-bond donors (Lipinski definition) is 3. The molecule has 0 bridgehead atoms. The summed E-state index contributed by atoms with van der Waals surface area (Å²) in [5.74, 6) is 0.773. The van der Waals surface area contributed by atoms with Crippen LogP contribution in [0.3, 0.4) is 0 Å². The van der Waals surface area contributed by atoms with E-state index >= 15 is 0 Å². The van der Waals surface area contributed by atoms with Gasteiger partial charge >= 0.3 is 0 Å². The Labute approximate surface area is 118 Å². The molecule has 0 radical (unpaired) electrons. The Hall–Kier alpha value is -1.34. The molecule has 4 atom stereocenters. The van der Waals surface area contributed by atoms with Gasteiger partial charge in [-0.3, -0.25) is 0 Å². The lowest BCUT2D eigenvalue weighted by Crippen LogP contribution is -2.38. The Morgan fingerprint density at radius 1 is 1.15 bits per heavy atom. The Bertz CT molecular complexity index is 424. The summed E-state index contributed by atoms with van der Waals surface area (Å²) in [6, 6.07) is 7.51. The van der Waals surface area contributed by atoms with E-state index in [1.165, 1.54) is 0 Å². The maximum atomic E-state index is 9.90. The standard InChI is InChI=1S/C14H21NO5/c1-15(9-3-5-10(19-2)6-4-9)7-11-13(17)14(18)12(8-16)20-11/h3-6,11-14,16-18H,7-8H2,1-2H3/t11?,12-,13+,14-/m1/s1. The lowest BCUT2D eigenvalue weighted by atomic mass is 10.1. The van der Waals surface area contributed by atoms with Gasteiger partial charge in [-0.15, -0.1) is 0 Å². The SMILES string of the molecule is COc1ccc(N(C)CC2O[C@H](CO)[C@@H](O)[C@H]2O)cc1. The van der Waals surface area contributed by atoms with Gasteiger partial charge in [0.2, 0.25) is 0 Å². The van der Waals surface area contributed by atoms with Crippen LogP contribution in [0, 0.1) is 0 Å². The molecule has 1 aromatic rings. The van der Waals surface area contributed by atoms with Crippen LogP contribution >= 0.6 is 0 Å². The van der Waals surface area contributed by atoms with Crippen LogP contribution in [0.25, 0.3) is 0 Å². The zero-order valence-electron chi connectivity index (χ0n) is 11.6. The van der Waals surface area contributed by atoms with Crippen LogP contribution < -0.4 is 9.64 Å². The normalized spacial score (nSPS) is 29.4. The van der Waals surface area contributed by atoms with Crippen molar-refractivity contribution in [2.45, 2.75) is 24.4 Å². The van der Waals surface area contributed by atoms with Gasteiger partial charge in [-0.05, 0) is 24.3 Å². The number of aliphatic hydroxyl groups excluding tert-OH is 3. The summed E-state index contributed by atoms with van der Waals surface area (Å²) in [4.78, 5) is 1.92. The molecule has 0 aliphatic carbocycles. The number of anilines is 1. The van der Waals surface area contributed by atoms with Crippen LogP contribution in [0.15, 0.2) is 24.3 Å². The minimum atomic E-state index is -1.05. The van der Waals surface area contributed by atoms with E-state index in [1.807, 2.05) is 36.2 Å². The summed E-state index contributed by atoms with van der Waals surface area (Å²) in [7, 11) is 3.48. The summed E-state index contributed by atoms with van der Waals surface area (Å²) < 4.78 is 10.6. The first-order valence-electron chi connectivity index (χ1n) is 6.54. The molecule has 6 nitrogen and oxygen atoms in total. The first kappa shape index (κ1) is 15.1. The maximum Gasteiger partial charge on any atom is 0.119 e. The van der Waals surface area contributed by atoms with Gasteiger partial charge < -0.3 is 29.7 Å². The highest BCUT2D eigenvalue weighted by molar-refractivity contribution is 5.48. The molecule has 0 spiro atoms. The second-order valence-corrected chi connectivity index (χ2v) is 4.96. The van der Waals surface area contributed by atoms with Gasteiger partial charge in [0.05, 0.1) is 13.7 Å². The average Bonchev–Trinajstić information content (AvgIpc) is 2.75. The molecular weight excluding hydrogens is 262 g/mol. The van der Waals surface area contributed by atoms with Crippen molar-refractivity contribution in [2.24, 2.45) is 0 Å². The quantitative estimate of drug-likeness (QED) is 0.683. The van der Waals surface area contributed by atoms with Crippen molar-refractivity contribution in [1.29, 1.82) is 0 Å². The highest BCUT2D eigenvalue weighted by Crippen LogP contribution is 2.24. The second kappa shape index (κ2) is 6.41. The molecule has 0 amide bonds. The molecule has 3 N–H and O–H groups in total. The van der Waals surface area contributed by atoms with E-state index in [2.05, 4.69) is 0 Å². The monoisotopic (exact) mass is 283 g/mol. The van der Waals surface area contributed by atoms with Gasteiger partial charge in [-0.2, -0.15) is 0 Å². The van der Waals surface area contributed by atoms with Crippen molar-refractivity contribution in [3.63, 3.8) is 0 Å². The summed E-state index contributed by atoms with van der Waals surface area (Å²) in [5.41, 5.74) is 0.948. The summed E-state index contributed by atoms with van der Waals surface area (Å²) in [6.45, 7) is 0.113. The molecule has 1 fully saturated rings. The van der Waals surface area contributed by atoms with Gasteiger partial charge in [0.1, 0.15) is 30.2 Å². The lowest BCUT2D eigenvalue weighted by molar-refractivity contribution is -0.0195. The first-order valence-corrected chi connectivity index (χ1v) is 6.54. The highest BCUT2D eigenvalue weighted by atomic mass is 16.6. The van der Waals surface area contributed by atoms with Crippen LogP contribution in [0.2, 0.25) is 0 Å². The van der Waals surface area contributed by atoms with Crippen LogP contribution in [0.1, 0.15) is 0 Å². The van der Waals surface area contributed by atoms with Gasteiger partial charge in [-0.25, -0.2) is 0 Å². The molecule has 6 heteroatoms. The van der Waals surface area contributed by atoms with Gasteiger partial charge in [-0.1, -0.05) is 0 Å². The number of ether oxygens (including phenoxy) is 2. The van der Waals surface area contributed by atoms with Crippen LogP contribution in [0.4, 0.5) is 5.69 Å². The molecule has 1 saturated heterocycles. The first-order chi connectivity index (χ1) is 9.56. The average molecular weight is 283 g/mol. The second-order valence-electron chi connectivity index (χ2n) is 4.96. The van der Waals surface area contributed by atoms with Gasteiger partial charge in [0.25, 0.3) is 0 Å². The minimum absolute atomic E-state index is 0.305. The van der Waals surface area contributed by atoms with E-state index in [-0.39, 0.29) is 6.61 Å². The molecule has 1 unspecified atom stereocenters. The van der Waals surface area contributed by atoms with Crippen molar-refractivity contribution in [2.75, 3.05) is 32.2 Å². The number of nitrogens with zero attached hydrogens (tertiary/aromatic N) is 1. The smallest absolute Gasteiger partial charge is 0.119 e. The number of likely N-dealkylation sites (N-methyl/N-ethyl adjacent to an activating group) is 1. The molecule has 20 heavy (non-hydrogen) atoms. The molecule has 2 rings (SSSR count). The van der Waals surface area contributed by atoms with E-state index in [1.54, 1.807) is 7.11 Å². The molecule has 1 heterocycles. The number of hydrogen-bond acceptors (Lipinski definition) is 6. The Kier molecular flexibility index (Phi) is 4.82. The van der Waals surface area contributed by atoms with Gasteiger partial charge in [0.15, 0.2) is 0 Å². The largest absolute Gasteiger partial charge is 0.497 e. The zero-order chi connectivity index (χ0) is 14.7. The molecule has 0 aromatic heterocycles. The molecular formula is C14H21NO5. The van der Waals surface area contributed by atoms with Crippen molar-refractivity contribution >= 4 is 5.69 Å². The fourth-order valence-corrected chi connectivity index (χ4v) is 2.34. The molecule has 1 aromatic carbocycles. The van der Waals surface area contributed by atoms with E-state index in [9.17, 15) is 10.2 Å². The third kappa shape index (κ3) is 3.04. The van der Waals surface area contributed by atoms with Crippen molar-refractivity contribution in [3.05, 3.63) is 24.3 Å². The zero-order valence-corrected chi connectivity index (χ0v) is 11.6. The predicted octanol–water partition coefficient (Wildman–Crippen LogP) is -0.387. The Morgan fingerprint density at radius 3 is 2.25 bits per heavy atom. The number of aliphatic hydroxyl groups is 3. The van der Waals surface area contributed by atoms with E-state index in [0.29, 0.717) is 6.54 Å². The predicted molar refractivity (Wildman–Crippen MR) is 74.0 cm³/mol. The number of rotatable bonds is 5. The van der Waals surface area contributed by atoms with Crippen LogP contribution in [-0.4, -0.2) is 67.0 Å². The summed E-state index contributed by atoms with van der Waals surface area (Å²) >= 11 is 0. The fraction of sp³-hybridized carbons (Fsp3) is 0.571. The van der Waals surface area contributed by atoms with Crippen molar-refractivity contribution in [1.82, 2.24) is 0 Å². The minimum Gasteiger partial charge on any atom is -0.497 e. The Balaban J connectivity index is 1.98. The molecule has 1 aliphatic heterocycles. The summed E-state index contributed by atoms with van der Waals surface area (Å²) in [6.07, 6.45) is -3.30. The molecule has 112 valence electrons. The Morgan fingerprint density at radius 2 is 1.75 bits per heavy atom. The van der Waals surface area contributed by atoms with Crippen LogP contribution in [-0.2, 0) is 4.74 Å². The molecule has 0 saturated carbocycles. The van der Waals surface area contributed by atoms with Crippen LogP contribution in [0.5, 0.6) is 5.75 Å². The van der Waals surface area contributed by atoms with E-state index in [0.717, 1.165) is 11.4 Å². The third-order valence-corrected chi connectivity index (χ3v) is 3.61. The third-order valence-electron chi connectivity index (χ3n) is 3.61. The van der Waals surface area contributed by atoms with E-state index in [4.69, 9.17) is 14.6 Å². The van der Waals surface area contributed by atoms with Gasteiger partial charge in [0, 0.05) is 19.3 Å². The topological polar surface area (TPSA) is 82.4 Å². The van der Waals surface area contributed by atoms with E-state index < -0.39 is 24.4 Å². The summed E-state index contributed by atoms with van der Waals surface area (Å²) in [5, 5.41) is 28.7. The fourth-order valence-electron chi connectivity index (χ4n) is 2.34. The van der Waals surface area contributed by atoms with Crippen molar-refractivity contribution < 1.29 is 24.8 Å². The maximum absolute atomic E-state index is 9.90. The molecule has 1 aliphatic rings. The number of methoxy groups -OCH3 is 1. The van der Waals surface area contributed by atoms with Crippen molar-refractivity contribution in [3.8, 4) is 5.75 Å². The highest BCUT2D eigenvalue weighted by Gasteiger charge is 2.42. The number of benzene rings is 1.